The highest BCUT2D eigenvalue weighted by Crippen LogP contribution is 2.45. The molecular formula is C15H25N3. The van der Waals surface area contributed by atoms with Gasteiger partial charge in [-0.2, -0.15) is 0 Å². The van der Waals surface area contributed by atoms with Gasteiger partial charge in [-0.1, -0.05) is 13.8 Å². The summed E-state index contributed by atoms with van der Waals surface area (Å²) in [6.45, 7) is 7.67. The number of anilines is 1. The second kappa shape index (κ2) is 4.60. The summed E-state index contributed by atoms with van der Waals surface area (Å²) in [5.41, 5.74) is 1.13. The van der Waals surface area contributed by atoms with Crippen LogP contribution in [0.5, 0.6) is 0 Å². The van der Waals surface area contributed by atoms with E-state index in [0.717, 1.165) is 30.0 Å². The van der Waals surface area contributed by atoms with Gasteiger partial charge >= 0.3 is 0 Å². The van der Waals surface area contributed by atoms with Crippen molar-refractivity contribution < 1.29 is 0 Å². The molecule has 0 spiro atoms. The molecule has 2 saturated carbocycles. The molecular weight excluding hydrogens is 222 g/mol. The van der Waals surface area contributed by atoms with E-state index in [0.29, 0.717) is 12.0 Å². The second-order valence-corrected chi connectivity index (χ2v) is 6.60. The molecule has 2 fully saturated rings. The Hall–Kier alpha value is -0.990. The fourth-order valence-electron chi connectivity index (χ4n) is 2.87. The molecule has 0 unspecified atom stereocenters. The van der Waals surface area contributed by atoms with E-state index in [1.54, 1.807) is 0 Å². The molecule has 3 heteroatoms. The topological polar surface area (TPSA) is 29.9 Å². The van der Waals surface area contributed by atoms with Crippen LogP contribution in [0.15, 0.2) is 6.20 Å². The normalized spacial score (nSPS) is 19.8. The summed E-state index contributed by atoms with van der Waals surface area (Å²) in [5, 5.41) is 3.75. The van der Waals surface area contributed by atoms with Crippen molar-refractivity contribution >= 4 is 5.95 Å². The molecule has 1 aromatic rings. The van der Waals surface area contributed by atoms with Gasteiger partial charge in [0.15, 0.2) is 0 Å². The average Bonchev–Trinajstić information content (AvgIpc) is 3.16. The molecule has 100 valence electrons. The van der Waals surface area contributed by atoms with Crippen molar-refractivity contribution in [3.05, 3.63) is 11.9 Å². The van der Waals surface area contributed by atoms with Gasteiger partial charge in [-0.25, -0.2) is 4.98 Å². The van der Waals surface area contributed by atoms with Crippen LogP contribution in [0.1, 0.15) is 45.2 Å². The third-order valence-electron chi connectivity index (χ3n) is 4.01. The van der Waals surface area contributed by atoms with E-state index < -0.39 is 0 Å². The smallest absolute Gasteiger partial charge is 0.203 e. The molecule has 0 radical (unpaired) electrons. The fourth-order valence-corrected chi connectivity index (χ4v) is 2.87. The zero-order valence-electron chi connectivity index (χ0n) is 11.8. The van der Waals surface area contributed by atoms with E-state index in [9.17, 15) is 0 Å². The number of nitrogens with one attached hydrogen (secondary N) is 1. The molecule has 0 atom stereocenters. The van der Waals surface area contributed by atoms with Gasteiger partial charge < -0.3 is 9.88 Å². The number of rotatable bonds is 6. The highest BCUT2D eigenvalue weighted by molar-refractivity contribution is 5.32. The Kier molecular flexibility index (Phi) is 3.08. The Balaban J connectivity index is 1.73. The largest absolute Gasteiger partial charge is 0.352 e. The number of aromatic nitrogens is 2. The van der Waals surface area contributed by atoms with Crippen molar-refractivity contribution in [1.29, 1.82) is 0 Å². The Morgan fingerprint density at radius 3 is 2.39 bits per heavy atom. The summed E-state index contributed by atoms with van der Waals surface area (Å²) in [5.74, 6) is 3.61. The van der Waals surface area contributed by atoms with Gasteiger partial charge in [0, 0.05) is 18.8 Å². The summed E-state index contributed by atoms with van der Waals surface area (Å²) in [7, 11) is 0. The first-order chi connectivity index (χ1) is 8.63. The predicted molar refractivity (Wildman–Crippen MR) is 74.7 cm³/mol. The van der Waals surface area contributed by atoms with Crippen molar-refractivity contribution in [3.63, 3.8) is 0 Å². The summed E-state index contributed by atoms with van der Waals surface area (Å²) < 4.78 is 2.30. The van der Waals surface area contributed by atoms with Crippen LogP contribution >= 0.6 is 0 Å². The predicted octanol–water partition coefficient (Wildman–Crippen LogP) is 3.45. The van der Waals surface area contributed by atoms with Gasteiger partial charge in [0.1, 0.15) is 0 Å². The van der Waals surface area contributed by atoms with Crippen LogP contribution in [0.3, 0.4) is 0 Å². The molecule has 1 heterocycles. The van der Waals surface area contributed by atoms with E-state index >= 15 is 0 Å². The highest BCUT2D eigenvalue weighted by atomic mass is 15.2. The van der Waals surface area contributed by atoms with Gasteiger partial charge in [-0.3, -0.25) is 0 Å². The molecule has 3 rings (SSSR count). The molecule has 0 saturated heterocycles. The first kappa shape index (κ1) is 12.1. The summed E-state index contributed by atoms with van der Waals surface area (Å²) in [4.78, 5) is 4.68. The molecule has 0 amide bonds. The number of nitrogens with zero attached hydrogens (tertiary/aromatic N) is 2. The third-order valence-corrected chi connectivity index (χ3v) is 4.01. The molecule has 0 aliphatic heterocycles. The van der Waals surface area contributed by atoms with Crippen LogP contribution in [0.2, 0.25) is 0 Å². The van der Waals surface area contributed by atoms with Crippen LogP contribution in [0.25, 0.3) is 0 Å². The summed E-state index contributed by atoms with van der Waals surface area (Å²) in [6, 6.07) is 0.692. The molecule has 0 aromatic carbocycles. The van der Waals surface area contributed by atoms with Gasteiger partial charge in [0.05, 0.1) is 5.69 Å². The Morgan fingerprint density at radius 1 is 1.28 bits per heavy atom. The van der Waals surface area contributed by atoms with Crippen LogP contribution in [0.4, 0.5) is 5.95 Å². The quantitative estimate of drug-likeness (QED) is 0.834. The standard InChI is InChI=1S/C15H25N3/c1-10(2)8-18-9-11(3)16-15(18)17-14(12-4-5-12)13-6-7-13/h9-10,12-14H,4-8H2,1-3H3,(H,16,17). The molecule has 0 bridgehead atoms. The molecule has 2 aliphatic carbocycles. The van der Waals surface area contributed by atoms with Crippen molar-refractivity contribution in [1.82, 2.24) is 9.55 Å². The van der Waals surface area contributed by atoms with Crippen LogP contribution in [-0.4, -0.2) is 15.6 Å². The lowest BCUT2D eigenvalue weighted by atomic mass is 10.1. The Labute approximate surface area is 110 Å². The van der Waals surface area contributed by atoms with E-state index in [1.807, 2.05) is 0 Å². The van der Waals surface area contributed by atoms with Crippen LogP contribution in [-0.2, 0) is 6.54 Å². The summed E-state index contributed by atoms with van der Waals surface area (Å²) in [6.07, 6.45) is 7.84. The zero-order chi connectivity index (χ0) is 12.7. The number of aryl methyl sites for hydroxylation is 1. The van der Waals surface area contributed by atoms with E-state index in [4.69, 9.17) is 0 Å². The van der Waals surface area contributed by atoms with Gasteiger partial charge in [0.25, 0.3) is 0 Å². The summed E-state index contributed by atoms with van der Waals surface area (Å²) >= 11 is 0. The zero-order valence-corrected chi connectivity index (χ0v) is 11.8. The average molecular weight is 247 g/mol. The van der Waals surface area contributed by atoms with E-state index in [2.05, 4.69) is 41.8 Å². The first-order valence-corrected chi connectivity index (χ1v) is 7.44. The number of imidazole rings is 1. The fraction of sp³-hybridized carbons (Fsp3) is 0.800. The van der Waals surface area contributed by atoms with E-state index in [-0.39, 0.29) is 0 Å². The Bertz CT molecular complexity index is 401. The van der Waals surface area contributed by atoms with Gasteiger partial charge in [-0.05, 0) is 50.4 Å². The maximum absolute atomic E-state index is 4.68. The van der Waals surface area contributed by atoms with E-state index in [1.165, 1.54) is 25.7 Å². The SMILES string of the molecule is Cc1cn(CC(C)C)c(NC(C2CC2)C2CC2)n1. The van der Waals surface area contributed by atoms with Gasteiger partial charge in [0.2, 0.25) is 5.95 Å². The molecule has 18 heavy (non-hydrogen) atoms. The van der Waals surface area contributed by atoms with Crippen molar-refractivity contribution in [2.45, 2.75) is 59.0 Å². The van der Waals surface area contributed by atoms with Crippen molar-refractivity contribution in [2.24, 2.45) is 17.8 Å². The Morgan fingerprint density at radius 2 is 1.89 bits per heavy atom. The lowest BCUT2D eigenvalue weighted by molar-refractivity contribution is 0.512. The minimum atomic E-state index is 0.666. The number of hydrogen-bond acceptors (Lipinski definition) is 2. The van der Waals surface area contributed by atoms with Crippen molar-refractivity contribution in [3.8, 4) is 0 Å². The second-order valence-electron chi connectivity index (χ2n) is 6.60. The van der Waals surface area contributed by atoms with Crippen LogP contribution < -0.4 is 5.32 Å². The minimum Gasteiger partial charge on any atom is -0.352 e. The molecule has 2 aliphatic rings. The van der Waals surface area contributed by atoms with Crippen LogP contribution in [0, 0.1) is 24.7 Å². The van der Waals surface area contributed by atoms with Crippen molar-refractivity contribution in [2.75, 3.05) is 5.32 Å². The maximum Gasteiger partial charge on any atom is 0.203 e. The number of hydrogen-bond donors (Lipinski definition) is 1. The molecule has 1 aromatic heterocycles. The first-order valence-electron chi connectivity index (χ1n) is 7.44. The molecule has 1 N–H and O–H groups in total. The van der Waals surface area contributed by atoms with Gasteiger partial charge in [-0.15, -0.1) is 0 Å². The maximum atomic E-state index is 4.68. The lowest BCUT2D eigenvalue weighted by Crippen LogP contribution is -2.26. The highest BCUT2D eigenvalue weighted by Gasteiger charge is 2.41. The third kappa shape index (κ3) is 2.70. The lowest BCUT2D eigenvalue weighted by Gasteiger charge is -2.20. The molecule has 3 nitrogen and oxygen atoms in total. The minimum absolute atomic E-state index is 0.666. The monoisotopic (exact) mass is 247 g/mol.